The molecule has 3 N–H and O–H groups in total. The molecule has 0 spiro atoms. The van der Waals surface area contributed by atoms with E-state index in [0.29, 0.717) is 23.4 Å². The van der Waals surface area contributed by atoms with Gasteiger partial charge in [-0.1, -0.05) is 0 Å². The van der Waals surface area contributed by atoms with E-state index in [0.717, 1.165) is 63.8 Å². The maximum atomic E-state index is 11.8. The van der Waals surface area contributed by atoms with Gasteiger partial charge in [-0.3, -0.25) is 4.79 Å². The first-order chi connectivity index (χ1) is 13.1. The molecule has 2 aliphatic carbocycles. The molecule has 0 aliphatic heterocycles. The molecule has 3 rings (SSSR count). The third-order valence-electron chi connectivity index (χ3n) is 5.85. The van der Waals surface area contributed by atoms with Gasteiger partial charge in [0, 0.05) is 26.3 Å². The molecule has 1 aromatic heterocycles. The fourth-order valence-electron chi connectivity index (χ4n) is 4.35. The molecule has 7 nitrogen and oxygen atoms in total. The second-order valence-corrected chi connectivity index (χ2v) is 7.67. The van der Waals surface area contributed by atoms with Crippen molar-refractivity contribution >= 4 is 11.7 Å². The van der Waals surface area contributed by atoms with Crippen molar-refractivity contribution < 1.29 is 14.3 Å². The van der Waals surface area contributed by atoms with Gasteiger partial charge in [0.15, 0.2) is 0 Å². The van der Waals surface area contributed by atoms with E-state index in [1.165, 1.54) is 0 Å². The van der Waals surface area contributed by atoms with Gasteiger partial charge in [-0.05, 0) is 57.8 Å². The van der Waals surface area contributed by atoms with E-state index < -0.39 is 5.91 Å². The lowest BCUT2D eigenvalue weighted by Crippen LogP contribution is -2.31. The van der Waals surface area contributed by atoms with Crippen LogP contribution in [0.3, 0.4) is 0 Å². The van der Waals surface area contributed by atoms with E-state index in [4.69, 9.17) is 15.2 Å². The molecule has 0 saturated heterocycles. The summed E-state index contributed by atoms with van der Waals surface area (Å²) in [5, 5.41) is 3.40. The first-order valence-electron chi connectivity index (χ1n) is 10.2. The van der Waals surface area contributed by atoms with Crippen LogP contribution >= 0.6 is 0 Å². The number of nitrogens with zero attached hydrogens (tertiary/aromatic N) is 2. The van der Waals surface area contributed by atoms with Crippen LogP contribution in [0.15, 0.2) is 6.20 Å². The van der Waals surface area contributed by atoms with Crippen LogP contribution in [-0.2, 0) is 15.9 Å². The van der Waals surface area contributed by atoms with Crippen molar-refractivity contribution in [1.29, 1.82) is 0 Å². The highest BCUT2D eigenvalue weighted by Gasteiger charge is 2.29. The van der Waals surface area contributed by atoms with Crippen LogP contribution in [0.25, 0.3) is 0 Å². The maximum absolute atomic E-state index is 11.8. The summed E-state index contributed by atoms with van der Waals surface area (Å²) in [6.45, 7) is 2.83. The van der Waals surface area contributed by atoms with Gasteiger partial charge in [0.1, 0.15) is 11.6 Å². The maximum Gasteiger partial charge on any atom is 0.254 e. The molecular weight excluding hydrogens is 344 g/mol. The molecule has 2 saturated carbocycles. The summed E-state index contributed by atoms with van der Waals surface area (Å²) in [5.41, 5.74) is 5.88. The minimum Gasteiger partial charge on any atom is -0.379 e. The van der Waals surface area contributed by atoms with Gasteiger partial charge in [-0.2, -0.15) is 0 Å². The Kier molecular flexibility index (Phi) is 7.01. The summed E-state index contributed by atoms with van der Waals surface area (Å²) >= 11 is 0. The van der Waals surface area contributed by atoms with Crippen LogP contribution in [0.5, 0.6) is 0 Å². The zero-order valence-electron chi connectivity index (χ0n) is 16.4. The Bertz CT molecular complexity index is 632. The van der Waals surface area contributed by atoms with E-state index in [9.17, 15) is 4.79 Å². The molecule has 2 fully saturated rings. The second kappa shape index (κ2) is 9.46. The van der Waals surface area contributed by atoms with Crippen LogP contribution < -0.4 is 11.1 Å². The van der Waals surface area contributed by atoms with Gasteiger partial charge in [0.05, 0.1) is 23.8 Å². The quantitative estimate of drug-likeness (QED) is 0.724. The molecule has 1 unspecified atom stereocenters. The number of carbonyl (C=O) groups is 1. The molecular formula is C20H32N4O3. The first-order valence-corrected chi connectivity index (χ1v) is 10.2. The topological polar surface area (TPSA) is 99.4 Å². The molecule has 0 radical (unpaired) electrons. The number of primary amides is 1. The number of aromatic nitrogens is 2. The summed E-state index contributed by atoms with van der Waals surface area (Å²) in [6.07, 6.45) is 10.5. The van der Waals surface area contributed by atoms with E-state index in [1.54, 1.807) is 13.3 Å². The highest BCUT2D eigenvalue weighted by Crippen LogP contribution is 2.29. The van der Waals surface area contributed by atoms with Crippen molar-refractivity contribution in [2.24, 2.45) is 11.7 Å². The Morgan fingerprint density at radius 1 is 1.26 bits per heavy atom. The van der Waals surface area contributed by atoms with Crippen molar-refractivity contribution in [2.75, 3.05) is 19.0 Å². The third kappa shape index (κ3) is 5.17. The molecule has 0 bridgehead atoms. The first kappa shape index (κ1) is 20.0. The van der Waals surface area contributed by atoms with Crippen molar-refractivity contribution in [3.05, 3.63) is 17.6 Å². The SMILES string of the molecule is CCOC1CCC(Cc2ncc(C(N)=O)c(NC3CCC[C@@H]3OC)n2)CC1. The largest absolute Gasteiger partial charge is 0.379 e. The Morgan fingerprint density at radius 3 is 2.70 bits per heavy atom. The van der Waals surface area contributed by atoms with E-state index >= 15 is 0 Å². The van der Waals surface area contributed by atoms with Crippen LogP contribution in [0.4, 0.5) is 5.82 Å². The Hall–Kier alpha value is -1.73. The van der Waals surface area contributed by atoms with E-state index in [2.05, 4.69) is 15.3 Å². The third-order valence-corrected chi connectivity index (χ3v) is 5.85. The minimum absolute atomic E-state index is 0.137. The molecule has 0 aromatic carbocycles. The molecule has 2 aliphatic rings. The van der Waals surface area contributed by atoms with Crippen molar-refractivity contribution in [3.8, 4) is 0 Å². The highest BCUT2D eigenvalue weighted by atomic mass is 16.5. The number of hydrogen-bond acceptors (Lipinski definition) is 6. The Balaban J connectivity index is 1.67. The summed E-state index contributed by atoms with van der Waals surface area (Å²) in [5.74, 6) is 1.37. The number of carbonyl (C=O) groups excluding carboxylic acids is 1. The molecule has 1 heterocycles. The molecule has 27 heavy (non-hydrogen) atoms. The van der Waals surface area contributed by atoms with Crippen molar-refractivity contribution in [2.45, 2.75) is 76.5 Å². The number of methoxy groups -OCH3 is 1. The lowest BCUT2D eigenvalue weighted by atomic mass is 9.85. The summed E-state index contributed by atoms with van der Waals surface area (Å²) in [6, 6.07) is 0.150. The van der Waals surface area contributed by atoms with Gasteiger partial charge in [-0.25, -0.2) is 9.97 Å². The summed E-state index contributed by atoms with van der Waals surface area (Å²) in [7, 11) is 1.73. The van der Waals surface area contributed by atoms with Crippen LogP contribution in [0.1, 0.15) is 68.1 Å². The molecule has 7 heteroatoms. The summed E-state index contributed by atoms with van der Waals surface area (Å²) < 4.78 is 11.3. The Labute approximate surface area is 161 Å². The van der Waals surface area contributed by atoms with Gasteiger partial charge in [0.25, 0.3) is 5.91 Å². The molecule has 1 amide bonds. The number of nitrogens with two attached hydrogens (primary N) is 1. The lowest BCUT2D eigenvalue weighted by molar-refractivity contribution is 0.0255. The number of ether oxygens (including phenoxy) is 2. The number of hydrogen-bond donors (Lipinski definition) is 2. The predicted molar refractivity (Wildman–Crippen MR) is 104 cm³/mol. The standard InChI is InChI=1S/C20H32N4O3/c1-3-27-14-9-7-13(8-10-14)11-18-22-12-15(19(21)25)20(24-18)23-16-5-4-6-17(16)26-2/h12-14,16-17H,3-11H2,1-2H3,(H2,21,25)(H,22,23,24)/t13?,14?,16?,17-/m0/s1. The van der Waals surface area contributed by atoms with Gasteiger partial charge in [0.2, 0.25) is 0 Å². The molecule has 1 aromatic rings. The number of nitrogens with one attached hydrogen (secondary N) is 1. The fraction of sp³-hybridized carbons (Fsp3) is 0.750. The van der Waals surface area contributed by atoms with Crippen molar-refractivity contribution in [3.63, 3.8) is 0 Å². The Morgan fingerprint density at radius 2 is 2.04 bits per heavy atom. The van der Waals surface area contributed by atoms with E-state index in [-0.39, 0.29) is 12.1 Å². The number of anilines is 1. The molecule has 150 valence electrons. The number of amides is 1. The minimum atomic E-state index is -0.506. The highest BCUT2D eigenvalue weighted by molar-refractivity contribution is 5.97. The average molecular weight is 377 g/mol. The van der Waals surface area contributed by atoms with E-state index in [1.807, 2.05) is 6.92 Å². The predicted octanol–water partition coefficient (Wildman–Crippen LogP) is 2.69. The second-order valence-electron chi connectivity index (χ2n) is 7.67. The fourth-order valence-corrected chi connectivity index (χ4v) is 4.35. The monoisotopic (exact) mass is 376 g/mol. The average Bonchev–Trinajstić information content (AvgIpc) is 3.11. The van der Waals surface area contributed by atoms with Gasteiger partial charge >= 0.3 is 0 Å². The van der Waals surface area contributed by atoms with Gasteiger partial charge < -0.3 is 20.5 Å². The van der Waals surface area contributed by atoms with Gasteiger partial charge in [-0.15, -0.1) is 0 Å². The normalized spacial score (nSPS) is 28.2. The van der Waals surface area contributed by atoms with Crippen molar-refractivity contribution in [1.82, 2.24) is 9.97 Å². The van der Waals surface area contributed by atoms with Crippen LogP contribution in [0, 0.1) is 5.92 Å². The summed E-state index contributed by atoms with van der Waals surface area (Å²) in [4.78, 5) is 20.9. The zero-order chi connectivity index (χ0) is 19.2. The number of rotatable bonds is 8. The zero-order valence-corrected chi connectivity index (χ0v) is 16.4. The molecule has 2 atom stereocenters. The van der Waals surface area contributed by atoms with Crippen LogP contribution in [-0.4, -0.2) is 47.8 Å². The van der Waals surface area contributed by atoms with Crippen LogP contribution in [0.2, 0.25) is 0 Å². The lowest BCUT2D eigenvalue weighted by Gasteiger charge is -2.28. The smallest absolute Gasteiger partial charge is 0.254 e.